The van der Waals surface area contributed by atoms with E-state index in [1.807, 2.05) is 6.20 Å². The molecule has 0 heterocycles. The Hall–Kier alpha value is -0.660. The van der Waals surface area contributed by atoms with Gasteiger partial charge >= 0.3 is 0 Å². The second kappa shape index (κ2) is 6.46. The minimum Gasteiger partial charge on any atom is -0.390 e. The molecule has 0 atom stereocenters. The zero-order valence-electron chi connectivity index (χ0n) is 7.22. The van der Waals surface area contributed by atoms with E-state index in [-0.39, 0.29) is 0 Å². The van der Waals surface area contributed by atoms with Crippen molar-refractivity contribution < 1.29 is 0 Å². The predicted molar refractivity (Wildman–Crippen MR) is 45.7 cm³/mol. The standard InChI is InChI=1S/C8H18N2/c1-4-9-7-8-10(5-2)6-3/h7-9H,4-6H2,1-3H3. The summed E-state index contributed by atoms with van der Waals surface area (Å²) in [5.74, 6) is 0. The molecule has 0 aromatic heterocycles. The van der Waals surface area contributed by atoms with E-state index in [4.69, 9.17) is 0 Å². The average Bonchev–Trinajstić information content (AvgIpc) is 1.99. The summed E-state index contributed by atoms with van der Waals surface area (Å²) >= 11 is 0. The Morgan fingerprint density at radius 1 is 1.20 bits per heavy atom. The van der Waals surface area contributed by atoms with Gasteiger partial charge in [-0.05, 0) is 20.8 Å². The van der Waals surface area contributed by atoms with E-state index in [2.05, 4.69) is 37.2 Å². The molecule has 0 aliphatic carbocycles. The molecule has 0 unspecified atom stereocenters. The van der Waals surface area contributed by atoms with E-state index >= 15 is 0 Å². The van der Waals surface area contributed by atoms with Crippen molar-refractivity contribution in [1.82, 2.24) is 10.2 Å². The maximum atomic E-state index is 3.13. The minimum atomic E-state index is 0.998. The highest BCUT2D eigenvalue weighted by molar-refractivity contribution is 4.78. The molecule has 0 rings (SSSR count). The Morgan fingerprint density at radius 3 is 2.20 bits per heavy atom. The maximum absolute atomic E-state index is 3.13. The number of nitrogens with one attached hydrogen (secondary N) is 1. The molecular weight excluding hydrogens is 124 g/mol. The van der Waals surface area contributed by atoms with Gasteiger partial charge in [0.05, 0.1) is 0 Å². The molecule has 2 heteroatoms. The molecule has 0 aliphatic rings. The summed E-state index contributed by atoms with van der Waals surface area (Å²) in [7, 11) is 0. The molecule has 0 amide bonds. The van der Waals surface area contributed by atoms with Crippen LogP contribution >= 0.6 is 0 Å². The van der Waals surface area contributed by atoms with Gasteiger partial charge in [0.15, 0.2) is 0 Å². The van der Waals surface area contributed by atoms with Crippen molar-refractivity contribution in [3.05, 3.63) is 12.4 Å². The Kier molecular flexibility index (Phi) is 6.03. The molecule has 1 N–H and O–H groups in total. The van der Waals surface area contributed by atoms with Gasteiger partial charge in [-0.1, -0.05) is 0 Å². The fourth-order valence-corrected chi connectivity index (χ4v) is 0.710. The van der Waals surface area contributed by atoms with Crippen LogP contribution in [0.25, 0.3) is 0 Å². The maximum Gasteiger partial charge on any atom is 0.0150 e. The highest BCUT2D eigenvalue weighted by Gasteiger charge is 1.86. The predicted octanol–water partition coefficient (Wildman–Crippen LogP) is 1.41. The van der Waals surface area contributed by atoms with Gasteiger partial charge in [0.1, 0.15) is 0 Å². The second-order valence-corrected chi connectivity index (χ2v) is 2.09. The fourth-order valence-electron chi connectivity index (χ4n) is 0.710. The molecule has 0 spiro atoms. The molecule has 60 valence electrons. The van der Waals surface area contributed by atoms with E-state index in [0.717, 1.165) is 19.6 Å². The summed E-state index contributed by atoms with van der Waals surface area (Å²) in [5, 5.41) is 3.13. The second-order valence-electron chi connectivity index (χ2n) is 2.09. The molecule has 0 saturated heterocycles. The first-order chi connectivity index (χ1) is 4.85. The van der Waals surface area contributed by atoms with Gasteiger partial charge in [-0.2, -0.15) is 0 Å². The summed E-state index contributed by atoms with van der Waals surface area (Å²) in [6.07, 6.45) is 4.08. The number of hydrogen-bond acceptors (Lipinski definition) is 2. The topological polar surface area (TPSA) is 15.3 Å². The van der Waals surface area contributed by atoms with Crippen LogP contribution in [-0.4, -0.2) is 24.5 Å². The highest BCUT2D eigenvalue weighted by Crippen LogP contribution is 1.85. The Labute approximate surface area is 63.9 Å². The Bertz CT molecular complexity index is 85.3. The monoisotopic (exact) mass is 142 g/mol. The molecule has 0 aliphatic heterocycles. The highest BCUT2D eigenvalue weighted by atomic mass is 15.1. The van der Waals surface area contributed by atoms with Gasteiger partial charge in [0, 0.05) is 32.0 Å². The van der Waals surface area contributed by atoms with Gasteiger partial charge in [-0.15, -0.1) is 0 Å². The molecule has 0 bridgehead atoms. The normalized spacial score (nSPS) is 10.3. The van der Waals surface area contributed by atoms with E-state index in [0.29, 0.717) is 0 Å². The smallest absolute Gasteiger partial charge is 0.0150 e. The summed E-state index contributed by atoms with van der Waals surface area (Å²) in [6.45, 7) is 9.56. The first kappa shape index (κ1) is 9.34. The van der Waals surface area contributed by atoms with Gasteiger partial charge in [0.25, 0.3) is 0 Å². The van der Waals surface area contributed by atoms with Crippen molar-refractivity contribution in [3.63, 3.8) is 0 Å². The third-order valence-electron chi connectivity index (χ3n) is 1.42. The van der Waals surface area contributed by atoms with E-state index < -0.39 is 0 Å². The largest absolute Gasteiger partial charge is 0.390 e. The van der Waals surface area contributed by atoms with Crippen LogP contribution in [0.4, 0.5) is 0 Å². The molecule has 0 aromatic rings. The van der Waals surface area contributed by atoms with Crippen LogP contribution < -0.4 is 5.32 Å². The minimum absolute atomic E-state index is 0.998. The van der Waals surface area contributed by atoms with E-state index in [1.165, 1.54) is 0 Å². The van der Waals surface area contributed by atoms with Crippen molar-refractivity contribution in [1.29, 1.82) is 0 Å². The number of hydrogen-bond donors (Lipinski definition) is 1. The van der Waals surface area contributed by atoms with Crippen LogP contribution in [0.3, 0.4) is 0 Å². The first-order valence-electron chi connectivity index (χ1n) is 3.99. The molecular formula is C8H18N2. The van der Waals surface area contributed by atoms with Crippen molar-refractivity contribution >= 4 is 0 Å². The van der Waals surface area contributed by atoms with Gasteiger partial charge in [-0.25, -0.2) is 0 Å². The zero-order valence-corrected chi connectivity index (χ0v) is 7.22. The number of nitrogens with zero attached hydrogens (tertiary/aromatic N) is 1. The van der Waals surface area contributed by atoms with Crippen LogP contribution in [0.2, 0.25) is 0 Å². The Morgan fingerprint density at radius 2 is 1.80 bits per heavy atom. The third kappa shape index (κ3) is 4.24. The fraction of sp³-hybridized carbons (Fsp3) is 0.750. The molecule has 2 nitrogen and oxygen atoms in total. The van der Waals surface area contributed by atoms with Crippen LogP contribution in [0.5, 0.6) is 0 Å². The van der Waals surface area contributed by atoms with Gasteiger partial charge in [0.2, 0.25) is 0 Å². The molecule has 0 fully saturated rings. The summed E-state index contributed by atoms with van der Waals surface area (Å²) < 4.78 is 0. The lowest BCUT2D eigenvalue weighted by Gasteiger charge is -2.14. The van der Waals surface area contributed by atoms with Crippen molar-refractivity contribution in [2.24, 2.45) is 0 Å². The quantitative estimate of drug-likeness (QED) is 0.624. The molecule has 0 saturated carbocycles. The lowest BCUT2D eigenvalue weighted by atomic mass is 10.5. The Balaban J connectivity index is 3.40. The van der Waals surface area contributed by atoms with Gasteiger partial charge < -0.3 is 10.2 Å². The SMILES string of the molecule is CCNC=CN(CC)CC. The average molecular weight is 142 g/mol. The molecule has 0 aromatic carbocycles. The van der Waals surface area contributed by atoms with E-state index in [9.17, 15) is 0 Å². The van der Waals surface area contributed by atoms with Crippen molar-refractivity contribution in [2.45, 2.75) is 20.8 Å². The summed E-state index contributed by atoms with van der Waals surface area (Å²) in [5.41, 5.74) is 0. The van der Waals surface area contributed by atoms with Crippen LogP contribution in [0, 0.1) is 0 Å². The van der Waals surface area contributed by atoms with Crippen LogP contribution in [0.15, 0.2) is 12.4 Å². The third-order valence-corrected chi connectivity index (χ3v) is 1.42. The van der Waals surface area contributed by atoms with E-state index in [1.54, 1.807) is 0 Å². The number of rotatable bonds is 5. The molecule has 0 radical (unpaired) electrons. The van der Waals surface area contributed by atoms with Crippen LogP contribution in [0.1, 0.15) is 20.8 Å². The lowest BCUT2D eigenvalue weighted by Crippen LogP contribution is -2.16. The lowest BCUT2D eigenvalue weighted by molar-refractivity contribution is 0.416. The molecule has 10 heavy (non-hydrogen) atoms. The zero-order chi connectivity index (χ0) is 7.82. The first-order valence-corrected chi connectivity index (χ1v) is 3.99. The van der Waals surface area contributed by atoms with Crippen molar-refractivity contribution in [2.75, 3.05) is 19.6 Å². The van der Waals surface area contributed by atoms with Gasteiger partial charge in [-0.3, -0.25) is 0 Å². The summed E-state index contributed by atoms with van der Waals surface area (Å²) in [6, 6.07) is 0. The van der Waals surface area contributed by atoms with Crippen LogP contribution in [-0.2, 0) is 0 Å². The summed E-state index contributed by atoms with van der Waals surface area (Å²) in [4.78, 5) is 2.24. The van der Waals surface area contributed by atoms with Crippen molar-refractivity contribution in [3.8, 4) is 0 Å².